The number of fused-ring (bicyclic) bond motifs is 1. The predicted octanol–water partition coefficient (Wildman–Crippen LogP) is 2.61. The quantitative estimate of drug-likeness (QED) is 0.848. The molecule has 1 aromatic heterocycles. The summed E-state index contributed by atoms with van der Waals surface area (Å²) in [5, 5.41) is 1.05. The Kier molecular flexibility index (Phi) is 4.68. The van der Waals surface area contributed by atoms with Crippen LogP contribution in [0, 0.1) is 13.8 Å². The fourth-order valence-corrected chi connectivity index (χ4v) is 2.30. The van der Waals surface area contributed by atoms with Crippen molar-refractivity contribution in [1.82, 2.24) is 9.80 Å². The second-order valence-corrected chi connectivity index (χ2v) is 5.94. The molecule has 1 aromatic carbocycles. The molecule has 0 bridgehead atoms. The van der Waals surface area contributed by atoms with Gasteiger partial charge >= 0.3 is 0 Å². The molecular formula is C17H24N2O2. The maximum Gasteiger partial charge on any atom is 0.226 e. The lowest BCUT2D eigenvalue weighted by Gasteiger charge is -2.19. The number of benzene rings is 1. The summed E-state index contributed by atoms with van der Waals surface area (Å²) in [7, 11) is 5.86. The highest BCUT2D eigenvalue weighted by Crippen LogP contribution is 2.26. The summed E-state index contributed by atoms with van der Waals surface area (Å²) in [6.07, 6.45) is 2.11. The lowest BCUT2D eigenvalue weighted by Crippen LogP contribution is -2.34. The molecule has 0 aliphatic rings. The predicted molar refractivity (Wildman–Crippen MR) is 85.6 cm³/mol. The highest BCUT2D eigenvalue weighted by atomic mass is 16.3. The van der Waals surface area contributed by atoms with Crippen LogP contribution in [-0.2, 0) is 11.2 Å². The molecule has 4 heteroatoms. The number of hydrogen-bond acceptors (Lipinski definition) is 3. The van der Waals surface area contributed by atoms with E-state index in [4.69, 9.17) is 4.42 Å². The van der Waals surface area contributed by atoms with Crippen LogP contribution in [0.2, 0.25) is 0 Å². The minimum absolute atomic E-state index is 0.123. The van der Waals surface area contributed by atoms with Crippen molar-refractivity contribution in [3.05, 3.63) is 35.1 Å². The Labute approximate surface area is 126 Å². The Hall–Kier alpha value is -1.81. The molecule has 0 spiro atoms. The molecule has 0 unspecified atom stereocenters. The number of likely N-dealkylation sites (N-methyl/N-ethyl adjacent to an activating group) is 2. The van der Waals surface area contributed by atoms with Gasteiger partial charge in [0.1, 0.15) is 5.58 Å². The van der Waals surface area contributed by atoms with Crippen molar-refractivity contribution in [1.29, 1.82) is 0 Å². The van der Waals surface area contributed by atoms with E-state index in [1.54, 1.807) is 11.2 Å². The first-order valence-corrected chi connectivity index (χ1v) is 7.25. The van der Waals surface area contributed by atoms with E-state index in [1.165, 1.54) is 5.56 Å². The van der Waals surface area contributed by atoms with E-state index in [2.05, 4.69) is 24.8 Å². The number of hydrogen-bond donors (Lipinski definition) is 0. The Morgan fingerprint density at radius 3 is 2.52 bits per heavy atom. The van der Waals surface area contributed by atoms with Gasteiger partial charge in [0.05, 0.1) is 12.7 Å². The van der Waals surface area contributed by atoms with E-state index >= 15 is 0 Å². The highest BCUT2D eigenvalue weighted by molar-refractivity contribution is 5.89. The first-order chi connectivity index (χ1) is 9.90. The molecule has 0 radical (unpaired) electrons. The summed E-state index contributed by atoms with van der Waals surface area (Å²) in [4.78, 5) is 16.1. The molecule has 0 aliphatic heterocycles. The van der Waals surface area contributed by atoms with Gasteiger partial charge < -0.3 is 14.2 Å². The molecule has 2 rings (SSSR count). The number of amides is 1. The fraction of sp³-hybridized carbons (Fsp3) is 0.471. The van der Waals surface area contributed by atoms with Crippen molar-refractivity contribution in [2.75, 3.05) is 34.2 Å². The summed E-state index contributed by atoms with van der Waals surface area (Å²) < 4.78 is 5.66. The van der Waals surface area contributed by atoms with E-state index in [9.17, 15) is 4.79 Å². The van der Waals surface area contributed by atoms with Gasteiger partial charge in [-0.1, -0.05) is 12.1 Å². The van der Waals surface area contributed by atoms with E-state index in [-0.39, 0.29) is 5.91 Å². The third-order valence-electron chi connectivity index (χ3n) is 3.99. The molecule has 1 heterocycles. The van der Waals surface area contributed by atoms with Gasteiger partial charge in [0, 0.05) is 31.1 Å². The molecule has 0 aliphatic carbocycles. The van der Waals surface area contributed by atoms with Gasteiger partial charge in [0.15, 0.2) is 0 Å². The fourth-order valence-electron chi connectivity index (χ4n) is 2.30. The van der Waals surface area contributed by atoms with Crippen LogP contribution in [0.25, 0.3) is 11.0 Å². The zero-order chi connectivity index (χ0) is 15.6. The van der Waals surface area contributed by atoms with E-state index < -0.39 is 0 Å². The van der Waals surface area contributed by atoms with Crippen LogP contribution in [0.4, 0.5) is 0 Å². The second kappa shape index (κ2) is 6.31. The number of furan rings is 1. The van der Waals surface area contributed by atoms with Gasteiger partial charge in [-0.2, -0.15) is 0 Å². The van der Waals surface area contributed by atoms with Crippen molar-refractivity contribution in [2.45, 2.75) is 20.3 Å². The van der Waals surface area contributed by atoms with Crippen molar-refractivity contribution in [2.24, 2.45) is 0 Å². The van der Waals surface area contributed by atoms with Gasteiger partial charge in [-0.3, -0.25) is 4.79 Å². The minimum Gasteiger partial charge on any atom is -0.464 e. The first-order valence-electron chi connectivity index (χ1n) is 7.25. The Balaban J connectivity index is 2.13. The maximum atomic E-state index is 12.3. The lowest BCUT2D eigenvalue weighted by atomic mass is 10.0. The molecule has 21 heavy (non-hydrogen) atoms. The smallest absolute Gasteiger partial charge is 0.226 e. The number of rotatable bonds is 5. The van der Waals surface area contributed by atoms with Crippen LogP contribution >= 0.6 is 0 Å². The zero-order valence-electron chi connectivity index (χ0n) is 13.6. The van der Waals surface area contributed by atoms with Gasteiger partial charge in [-0.15, -0.1) is 0 Å². The normalized spacial score (nSPS) is 11.3. The van der Waals surface area contributed by atoms with Gasteiger partial charge in [0.25, 0.3) is 0 Å². The number of carbonyl (C=O) groups excluding carboxylic acids is 1. The monoisotopic (exact) mass is 288 g/mol. The summed E-state index contributed by atoms with van der Waals surface area (Å²) in [5.41, 5.74) is 4.22. The third-order valence-corrected chi connectivity index (χ3v) is 3.99. The van der Waals surface area contributed by atoms with Crippen LogP contribution in [0.1, 0.15) is 16.7 Å². The average molecular weight is 288 g/mol. The Morgan fingerprint density at radius 1 is 1.14 bits per heavy atom. The molecule has 0 saturated heterocycles. The van der Waals surface area contributed by atoms with Crippen molar-refractivity contribution >= 4 is 16.9 Å². The molecule has 0 fully saturated rings. The van der Waals surface area contributed by atoms with Gasteiger partial charge in [-0.25, -0.2) is 0 Å². The maximum absolute atomic E-state index is 12.3. The van der Waals surface area contributed by atoms with Crippen molar-refractivity contribution < 1.29 is 9.21 Å². The molecule has 2 aromatic rings. The summed E-state index contributed by atoms with van der Waals surface area (Å²) in [5.74, 6) is 0.123. The van der Waals surface area contributed by atoms with Gasteiger partial charge in [-0.05, 0) is 39.1 Å². The van der Waals surface area contributed by atoms with Crippen LogP contribution < -0.4 is 0 Å². The molecular weight excluding hydrogens is 264 g/mol. The second-order valence-electron chi connectivity index (χ2n) is 5.94. The number of carbonyl (C=O) groups is 1. The molecule has 0 atom stereocenters. The Bertz CT molecular complexity index is 644. The average Bonchev–Trinajstić information content (AvgIpc) is 2.83. The number of nitrogens with zero attached hydrogens (tertiary/aromatic N) is 2. The largest absolute Gasteiger partial charge is 0.464 e. The summed E-state index contributed by atoms with van der Waals surface area (Å²) in [6.45, 7) is 5.72. The highest BCUT2D eigenvalue weighted by Gasteiger charge is 2.15. The standard InChI is InChI=1S/C17H24N2O2/c1-12-6-7-15-14(11-21-17(15)13(12)2)10-16(20)19(5)9-8-18(3)4/h6-7,11H,8-10H2,1-5H3. The van der Waals surface area contributed by atoms with Crippen LogP contribution in [0.15, 0.2) is 22.8 Å². The zero-order valence-corrected chi connectivity index (χ0v) is 13.6. The van der Waals surface area contributed by atoms with Gasteiger partial charge in [0.2, 0.25) is 5.91 Å². The first kappa shape index (κ1) is 15.6. The van der Waals surface area contributed by atoms with Crippen LogP contribution in [-0.4, -0.2) is 49.9 Å². The van der Waals surface area contributed by atoms with E-state index in [1.807, 2.05) is 27.2 Å². The van der Waals surface area contributed by atoms with E-state index in [0.717, 1.165) is 35.2 Å². The van der Waals surface area contributed by atoms with Crippen LogP contribution in [0.3, 0.4) is 0 Å². The molecule has 1 amide bonds. The summed E-state index contributed by atoms with van der Waals surface area (Å²) >= 11 is 0. The minimum atomic E-state index is 0.123. The number of aryl methyl sites for hydroxylation is 2. The van der Waals surface area contributed by atoms with Crippen molar-refractivity contribution in [3.63, 3.8) is 0 Å². The van der Waals surface area contributed by atoms with E-state index in [0.29, 0.717) is 6.42 Å². The molecule has 4 nitrogen and oxygen atoms in total. The van der Waals surface area contributed by atoms with Crippen LogP contribution in [0.5, 0.6) is 0 Å². The third kappa shape index (κ3) is 3.45. The SMILES string of the molecule is Cc1ccc2c(CC(=O)N(C)CCN(C)C)coc2c1C. The topological polar surface area (TPSA) is 36.7 Å². The Morgan fingerprint density at radius 2 is 1.86 bits per heavy atom. The summed E-state index contributed by atoms with van der Waals surface area (Å²) in [6, 6.07) is 4.13. The molecule has 114 valence electrons. The van der Waals surface area contributed by atoms with Crippen molar-refractivity contribution in [3.8, 4) is 0 Å². The lowest BCUT2D eigenvalue weighted by molar-refractivity contribution is -0.129. The molecule has 0 N–H and O–H groups in total. The molecule has 0 saturated carbocycles.